The van der Waals surface area contributed by atoms with Gasteiger partial charge in [0, 0.05) is 21.7 Å². The quantitative estimate of drug-likeness (QED) is 0.546. The Balaban J connectivity index is 1.73. The monoisotopic (exact) mass is 322 g/mol. The molecule has 1 aromatic carbocycles. The Morgan fingerprint density at radius 3 is 2.95 bits per heavy atom. The summed E-state index contributed by atoms with van der Waals surface area (Å²) in [6, 6.07) is 9.30. The highest BCUT2D eigenvalue weighted by Crippen LogP contribution is 2.35. The van der Waals surface area contributed by atoms with Gasteiger partial charge in [-0.2, -0.15) is 0 Å². The molecule has 0 spiro atoms. The highest BCUT2D eigenvalue weighted by Gasteiger charge is 2.10. The van der Waals surface area contributed by atoms with Crippen LogP contribution in [0.25, 0.3) is 10.8 Å². The first-order chi connectivity index (χ1) is 9.74. The summed E-state index contributed by atoms with van der Waals surface area (Å²) < 4.78 is 5.33. The van der Waals surface area contributed by atoms with Gasteiger partial charge in [-0.15, -0.1) is 23.1 Å². The van der Waals surface area contributed by atoms with Crippen molar-refractivity contribution in [3.8, 4) is 10.8 Å². The molecule has 20 heavy (non-hydrogen) atoms. The molecule has 3 aromatic rings. The Labute approximate surface area is 129 Å². The minimum absolute atomic E-state index is 0.677. The minimum Gasteiger partial charge on any atom is -0.462 e. The number of furan rings is 1. The molecule has 2 aromatic heterocycles. The lowest BCUT2D eigenvalue weighted by molar-refractivity contribution is 0.581. The zero-order valence-corrected chi connectivity index (χ0v) is 12.8. The van der Waals surface area contributed by atoms with E-state index in [-0.39, 0.29) is 0 Å². The van der Waals surface area contributed by atoms with Crippen LogP contribution in [0.15, 0.2) is 51.3 Å². The third-order valence-electron chi connectivity index (χ3n) is 2.65. The molecule has 2 N–H and O–H groups in total. The van der Waals surface area contributed by atoms with Gasteiger partial charge < -0.3 is 10.2 Å². The number of thiazole rings is 1. The van der Waals surface area contributed by atoms with Crippen LogP contribution in [0.2, 0.25) is 5.02 Å². The Morgan fingerprint density at radius 2 is 2.20 bits per heavy atom. The molecule has 0 aliphatic heterocycles. The lowest BCUT2D eigenvalue weighted by Crippen LogP contribution is -1.90. The lowest BCUT2D eigenvalue weighted by Gasteiger charge is -2.05. The fourth-order valence-electron chi connectivity index (χ4n) is 1.71. The van der Waals surface area contributed by atoms with Crippen molar-refractivity contribution in [1.29, 1.82) is 0 Å². The topological polar surface area (TPSA) is 52.0 Å². The number of benzene rings is 1. The summed E-state index contributed by atoms with van der Waals surface area (Å²) in [5.74, 6) is 1.52. The fraction of sp³-hybridized carbons (Fsp3) is 0.0714. The summed E-state index contributed by atoms with van der Waals surface area (Å²) in [6.45, 7) is 0. The molecule has 3 rings (SSSR count). The molecule has 0 aliphatic carbocycles. The molecule has 3 nitrogen and oxygen atoms in total. The van der Waals surface area contributed by atoms with Crippen LogP contribution in [0.4, 0.5) is 5.69 Å². The smallest absolute Gasteiger partial charge is 0.162 e. The van der Waals surface area contributed by atoms with Gasteiger partial charge in [-0.05, 0) is 24.3 Å². The number of thioether (sulfide) groups is 1. The second kappa shape index (κ2) is 5.91. The van der Waals surface area contributed by atoms with E-state index in [1.54, 1.807) is 29.4 Å². The van der Waals surface area contributed by atoms with E-state index in [9.17, 15) is 0 Å². The summed E-state index contributed by atoms with van der Waals surface area (Å²) in [5.41, 5.74) is 7.62. The van der Waals surface area contributed by atoms with Crippen molar-refractivity contribution >= 4 is 40.4 Å². The van der Waals surface area contributed by atoms with Gasteiger partial charge >= 0.3 is 0 Å². The van der Waals surface area contributed by atoms with Gasteiger partial charge in [-0.1, -0.05) is 17.7 Å². The van der Waals surface area contributed by atoms with Crippen LogP contribution in [0.5, 0.6) is 0 Å². The molecule has 0 atom stereocenters. The van der Waals surface area contributed by atoms with Crippen LogP contribution in [0.3, 0.4) is 0 Å². The van der Waals surface area contributed by atoms with Crippen LogP contribution >= 0.6 is 34.7 Å². The van der Waals surface area contributed by atoms with Gasteiger partial charge in [0.25, 0.3) is 0 Å². The molecule has 0 bridgehead atoms. The number of aromatic nitrogens is 1. The van der Waals surface area contributed by atoms with E-state index >= 15 is 0 Å². The van der Waals surface area contributed by atoms with Gasteiger partial charge in [0.05, 0.1) is 17.0 Å². The third-order valence-corrected chi connectivity index (χ3v) is 5.16. The first-order valence-corrected chi connectivity index (χ1v) is 8.13. The van der Waals surface area contributed by atoms with Crippen molar-refractivity contribution in [2.75, 3.05) is 5.73 Å². The van der Waals surface area contributed by atoms with Crippen molar-refractivity contribution < 1.29 is 4.42 Å². The van der Waals surface area contributed by atoms with Crippen LogP contribution in [0, 0.1) is 0 Å². The van der Waals surface area contributed by atoms with E-state index in [4.69, 9.17) is 21.8 Å². The SMILES string of the molecule is Nc1cccc(Cl)c1SCc1csc(-c2ccco2)n1. The van der Waals surface area contributed by atoms with Gasteiger partial charge in [0.2, 0.25) is 0 Å². The maximum Gasteiger partial charge on any atom is 0.162 e. The molecule has 102 valence electrons. The molecule has 0 amide bonds. The number of hydrogen-bond donors (Lipinski definition) is 1. The number of hydrogen-bond acceptors (Lipinski definition) is 5. The first-order valence-electron chi connectivity index (χ1n) is 5.89. The highest BCUT2D eigenvalue weighted by atomic mass is 35.5. The maximum absolute atomic E-state index is 6.15. The van der Waals surface area contributed by atoms with Crippen molar-refractivity contribution in [2.24, 2.45) is 0 Å². The van der Waals surface area contributed by atoms with Crippen LogP contribution in [-0.2, 0) is 5.75 Å². The van der Waals surface area contributed by atoms with Gasteiger partial charge in [-0.3, -0.25) is 0 Å². The van der Waals surface area contributed by atoms with Crippen molar-refractivity contribution in [3.05, 3.63) is 52.7 Å². The summed E-state index contributed by atoms with van der Waals surface area (Å²) in [5, 5.41) is 3.59. The maximum atomic E-state index is 6.15. The predicted molar refractivity (Wildman–Crippen MR) is 85.2 cm³/mol. The predicted octanol–water partition coefficient (Wildman–Crippen LogP) is 4.93. The Kier molecular flexibility index (Phi) is 4.00. The number of rotatable bonds is 4. The Bertz CT molecular complexity index is 690. The van der Waals surface area contributed by atoms with E-state index in [0.29, 0.717) is 10.7 Å². The minimum atomic E-state index is 0.677. The van der Waals surface area contributed by atoms with E-state index < -0.39 is 0 Å². The number of nitrogens with two attached hydrogens (primary N) is 1. The molecule has 6 heteroatoms. The zero-order valence-electron chi connectivity index (χ0n) is 10.4. The summed E-state index contributed by atoms with van der Waals surface area (Å²) in [4.78, 5) is 5.45. The number of nitrogens with zero attached hydrogens (tertiary/aromatic N) is 1. The molecule has 0 fully saturated rings. The molecule has 0 radical (unpaired) electrons. The molecule has 0 saturated heterocycles. The second-order valence-electron chi connectivity index (χ2n) is 4.07. The molecule has 0 unspecified atom stereocenters. The van der Waals surface area contributed by atoms with Gasteiger partial charge in [-0.25, -0.2) is 4.98 Å². The number of nitrogen functional groups attached to an aromatic ring is 1. The van der Waals surface area contributed by atoms with E-state index in [2.05, 4.69) is 4.98 Å². The molecule has 2 heterocycles. The van der Waals surface area contributed by atoms with Crippen molar-refractivity contribution in [1.82, 2.24) is 4.98 Å². The normalized spacial score (nSPS) is 10.8. The van der Waals surface area contributed by atoms with Crippen molar-refractivity contribution in [2.45, 2.75) is 10.6 Å². The van der Waals surface area contributed by atoms with E-state index in [1.807, 2.05) is 35.7 Å². The Hall–Kier alpha value is -1.43. The summed E-state index contributed by atoms with van der Waals surface area (Å²) in [7, 11) is 0. The first kappa shape index (κ1) is 13.5. The van der Waals surface area contributed by atoms with Crippen molar-refractivity contribution in [3.63, 3.8) is 0 Å². The Morgan fingerprint density at radius 1 is 1.30 bits per heavy atom. The van der Waals surface area contributed by atoms with Crippen LogP contribution < -0.4 is 5.73 Å². The van der Waals surface area contributed by atoms with E-state index in [0.717, 1.165) is 27.1 Å². The second-order valence-corrected chi connectivity index (χ2v) is 6.32. The average Bonchev–Trinajstić information content (AvgIpc) is 3.09. The highest BCUT2D eigenvalue weighted by molar-refractivity contribution is 7.98. The molecular formula is C14H11ClN2OS2. The number of anilines is 1. The summed E-state index contributed by atoms with van der Waals surface area (Å²) >= 11 is 9.31. The molecular weight excluding hydrogens is 312 g/mol. The fourth-order valence-corrected chi connectivity index (χ4v) is 3.83. The van der Waals surface area contributed by atoms with Crippen LogP contribution in [0.1, 0.15) is 5.69 Å². The lowest BCUT2D eigenvalue weighted by atomic mass is 10.3. The molecule has 0 aliphatic rings. The summed E-state index contributed by atoms with van der Waals surface area (Å²) in [6.07, 6.45) is 1.65. The van der Waals surface area contributed by atoms with Crippen LogP contribution in [-0.4, -0.2) is 4.98 Å². The standard InChI is InChI=1S/C14H11ClN2OS2/c15-10-3-1-4-11(16)13(10)19-7-9-8-20-14(17-9)12-5-2-6-18-12/h1-6,8H,7,16H2. The van der Waals surface area contributed by atoms with Gasteiger partial charge in [0.15, 0.2) is 10.8 Å². The average molecular weight is 323 g/mol. The third kappa shape index (κ3) is 2.85. The largest absolute Gasteiger partial charge is 0.462 e. The molecule has 0 saturated carbocycles. The zero-order chi connectivity index (χ0) is 13.9. The number of halogens is 1. The van der Waals surface area contributed by atoms with E-state index in [1.165, 1.54) is 0 Å². The van der Waals surface area contributed by atoms with Gasteiger partial charge in [0.1, 0.15) is 0 Å².